The SMILES string of the molecule is COCCCn1cccc1/C=C1\SC(=Nc2ccccc2F)C(C(=O)O)=C1O. The minimum Gasteiger partial charge on any atom is -0.506 e. The number of hydrogen-bond acceptors (Lipinski definition) is 5. The molecule has 0 saturated carbocycles. The zero-order valence-corrected chi connectivity index (χ0v) is 15.9. The summed E-state index contributed by atoms with van der Waals surface area (Å²) in [5.74, 6) is -2.26. The Morgan fingerprint density at radius 1 is 1.32 bits per heavy atom. The maximum atomic E-state index is 13.9. The fraction of sp³-hybridized carbons (Fsp3) is 0.200. The van der Waals surface area contributed by atoms with E-state index in [0.717, 1.165) is 30.4 Å². The van der Waals surface area contributed by atoms with Crippen LogP contribution in [0.15, 0.2) is 63.8 Å². The van der Waals surface area contributed by atoms with Crippen LogP contribution >= 0.6 is 11.8 Å². The Morgan fingerprint density at radius 3 is 2.82 bits per heavy atom. The van der Waals surface area contributed by atoms with E-state index in [2.05, 4.69) is 4.99 Å². The van der Waals surface area contributed by atoms with Crippen molar-refractivity contribution in [1.29, 1.82) is 0 Å². The molecule has 1 aliphatic heterocycles. The van der Waals surface area contributed by atoms with Gasteiger partial charge >= 0.3 is 5.97 Å². The zero-order chi connectivity index (χ0) is 20.1. The third-order valence-electron chi connectivity index (χ3n) is 4.07. The molecule has 0 amide bonds. The molecule has 8 heteroatoms. The number of aliphatic carboxylic acids is 1. The monoisotopic (exact) mass is 402 g/mol. The first kappa shape index (κ1) is 19.9. The van der Waals surface area contributed by atoms with Crippen LogP contribution in [0.3, 0.4) is 0 Å². The quantitative estimate of drug-likeness (QED) is 0.672. The number of para-hydroxylation sites is 1. The molecule has 1 aromatic carbocycles. The molecule has 0 unspecified atom stereocenters. The van der Waals surface area contributed by atoms with E-state index in [1.54, 1.807) is 19.3 Å². The molecule has 1 aromatic heterocycles. The Kier molecular flexibility index (Phi) is 6.33. The van der Waals surface area contributed by atoms with E-state index in [1.807, 2.05) is 22.9 Å². The number of thioether (sulfide) groups is 1. The number of aromatic nitrogens is 1. The van der Waals surface area contributed by atoms with E-state index in [9.17, 15) is 19.4 Å². The summed E-state index contributed by atoms with van der Waals surface area (Å²) in [5, 5.41) is 20.0. The Hall–Kier alpha value is -2.84. The number of benzene rings is 1. The number of carbonyl (C=O) groups is 1. The molecule has 0 saturated heterocycles. The molecule has 2 aromatic rings. The van der Waals surface area contributed by atoms with E-state index in [1.165, 1.54) is 18.2 Å². The van der Waals surface area contributed by atoms with Gasteiger partial charge in [-0.05, 0) is 36.8 Å². The fourth-order valence-corrected chi connectivity index (χ4v) is 3.74. The van der Waals surface area contributed by atoms with Crippen molar-refractivity contribution in [3.8, 4) is 0 Å². The van der Waals surface area contributed by atoms with Gasteiger partial charge in [-0.1, -0.05) is 23.9 Å². The third kappa shape index (κ3) is 4.35. The van der Waals surface area contributed by atoms with Gasteiger partial charge in [0.25, 0.3) is 0 Å². The number of rotatable bonds is 7. The van der Waals surface area contributed by atoms with Gasteiger partial charge in [0.1, 0.15) is 27.9 Å². The number of carboxylic acid groups (broad SMARTS) is 1. The Bertz CT molecular complexity index is 978. The normalized spacial score (nSPS) is 17.1. The lowest BCUT2D eigenvalue weighted by molar-refractivity contribution is -0.132. The molecule has 0 radical (unpaired) electrons. The molecule has 0 atom stereocenters. The molecule has 3 rings (SSSR count). The molecule has 6 nitrogen and oxygen atoms in total. The highest BCUT2D eigenvalue weighted by molar-refractivity contribution is 8.18. The minimum atomic E-state index is -1.32. The van der Waals surface area contributed by atoms with Crippen LogP contribution in [0.25, 0.3) is 6.08 Å². The smallest absolute Gasteiger partial charge is 0.342 e. The van der Waals surface area contributed by atoms with Crippen LogP contribution in [0.4, 0.5) is 10.1 Å². The van der Waals surface area contributed by atoms with Gasteiger partial charge in [0, 0.05) is 32.2 Å². The molecular weight excluding hydrogens is 383 g/mol. The maximum absolute atomic E-state index is 13.9. The van der Waals surface area contributed by atoms with Crippen molar-refractivity contribution in [1.82, 2.24) is 4.57 Å². The van der Waals surface area contributed by atoms with Gasteiger partial charge in [-0.3, -0.25) is 0 Å². The molecule has 146 valence electrons. The summed E-state index contributed by atoms with van der Waals surface area (Å²) in [5.41, 5.74) is 0.486. The summed E-state index contributed by atoms with van der Waals surface area (Å²) < 4.78 is 20.9. The van der Waals surface area contributed by atoms with Gasteiger partial charge in [-0.25, -0.2) is 14.2 Å². The Labute approximate surface area is 165 Å². The van der Waals surface area contributed by atoms with Crippen LogP contribution < -0.4 is 0 Å². The Balaban J connectivity index is 1.94. The first-order valence-corrected chi connectivity index (χ1v) is 9.37. The number of aliphatic hydroxyl groups excluding tert-OH is 1. The molecule has 2 N–H and O–H groups in total. The number of aliphatic hydroxyl groups is 1. The predicted molar refractivity (Wildman–Crippen MR) is 107 cm³/mol. The first-order chi connectivity index (χ1) is 13.5. The zero-order valence-electron chi connectivity index (χ0n) is 15.1. The number of ether oxygens (including phenoxy) is 1. The molecule has 28 heavy (non-hydrogen) atoms. The van der Waals surface area contributed by atoms with Crippen LogP contribution in [0.5, 0.6) is 0 Å². The largest absolute Gasteiger partial charge is 0.506 e. The number of hydrogen-bond donors (Lipinski definition) is 2. The van der Waals surface area contributed by atoms with Crippen LogP contribution in [-0.2, 0) is 16.1 Å². The second kappa shape index (κ2) is 8.90. The summed E-state index contributed by atoms with van der Waals surface area (Å²) in [6.45, 7) is 1.34. The molecule has 0 fully saturated rings. The van der Waals surface area contributed by atoms with Crippen LogP contribution in [0.2, 0.25) is 0 Å². The van der Waals surface area contributed by atoms with E-state index in [0.29, 0.717) is 11.5 Å². The van der Waals surface area contributed by atoms with Gasteiger partial charge in [-0.15, -0.1) is 0 Å². The van der Waals surface area contributed by atoms with Crippen LogP contribution in [0.1, 0.15) is 12.1 Å². The number of aryl methyl sites for hydroxylation is 1. The van der Waals surface area contributed by atoms with E-state index in [4.69, 9.17) is 4.74 Å². The van der Waals surface area contributed by atoms with Gasteiger partial charge in [0.05, 0.1) is 4.91 Å². The summed E-state index contributed by atoms with van der Waals surface area (Å²) in [7, 11) is 1.64. The maximum Gasteiger partial charge on any atom is 0.342 e. The highest BCUT2D eigenvalue weighted by Gasteiger charge is 2.32. The standard InChI is InChI=1S/C20H19FN2O4S/c1-27-11-5-10-23-9-4-6-13(23)12-16-18(24)17(20(25)26)19(28-16)22-15-8-3-2-7-14(15)21/h2-4,6-9,12,24H,5,10-11H2,1H3,(H,25,26)/b16-12-,22-19?. The van der Waals surface area contributed by atoms with Crippen LogP contribution in [0, 0.1) is 5.82 Å². The highest BCUT2D eigenvalue weighted by atomic mass is 32.2. The summed E-state index contributed by atoms with van der Waals surface area (Å²) >= 11 is 0.996. The van der Waals surface area contributed by atoms with Gasteiger partial charge < -0.3 is 19.5 Å². The summed E-state index contributed by atoms with van der Waals surface area (Å²) in [6.07, 6.45) is 4.41. The summed E-state index contributed by atoms with van der Waals surface area (Å²) in [4.78, 5) is 16.1. The van der Waals surface area contributed by atoms with E-state index >= 15 is 0 Å². The lowest BCUT2D eigenvalue weighted by atomic mass is 10.2. The van der Waals surface area contributed by atoms with E-state index < -0.39 is 11.8 Å². The first-order valence-electron chi connectivity index (χ1n) is 8.55. The fourth-order valence-electron chi connectivity index (χ4n) is 2.72. The predicted octanol–water partition coefficient (Wildman–Crippen LogP) is 4.38. The molecular formula is C20H19FN2O4S. The molecule has 0 spiro atoms. The van der Waals surface area contributed by atoms with Crippen LogP contribution in [-0.4, -0.2) is 39.5 Å². The van der Waals surface area contributed by atoms with Crippen molar-refractivity contribution < 1.29 is 24.1 Å². The Morgan fingerprint density at radius 2 is 2.11 bits per heavy atom. The third-order valence-corrected chi connectivity index (χ3v) is 5.09. The van der Waals surface area contributed by atoms with E-state index in [-0.39, 0.29) is 22.1 Å². The number of aliphatic imine (C=N–C) groups is 1. The van der Waals surface area contributed by atoms with Crippen molar-refractivity contribution in [2.45, 2.75) is 13.0 Å². The molecule has 2 heterocycles. The van der Waals surface area contributed by atoms with Crippen molar-refractivity contribution in [2.24, 2.45) is 4.99 Å². The second-order valence-electron chi connectivity index (χ2n) is 5.98. The minimum absolute atomic E-state index is 0.0146. The molecule has 0 aliphatic carbocycles. The average molecular weight is 402 g/mol. The number of methoxy groups -OCH3 is 1. The molecule has 1 aliphatic rings. The van der Waals surface area contributed by atoms with Crippen molar-refractivity contribution in [2.75, 3.05) is 13.7 Å². The molecule has 0 bridgehead atoms. The van der Waals surface area contributed by atoms with Crippen molar-refractivity contribution in [3.05, 3.63) is 70.3 Å². The average Bonchev–Trinajstić information content (AvgIpc) is 3.22. The van der Waals surface area contributed by atoms with Gasteiger partial charge in [0.2, 0.25) is 0 Å². The lowest BCUT2D eigenvalue weighted by Gasteiger charge is -2.06. The number of nitrogens with zero attached hydrogens (tertiary/aromatic N) is 2. The number of carboxylic acids is 1. The lowest BCUT2D eigenvalue weighted by Crippen LogP contribution is -2.07. The topological polar surface area (TPSA) is 84.1 Å². The summed E-state index contributed by atoms with van der Waals surface area (Å²) in [6, 6.07) is 9.55. The highest BCUT2D eigenvalue weighted by Crippen LogP contribution is 2.40. The van der Waals surface area contributed by atoms with Crippen molar-refractivity contribution in [3.63, 3.8) is 0 Å². The van der Waals surface area contributed by atoms with Gasteiger partial charge in [-0.2, -0.15) is 0 Å². The second-order valence-corrected chi connectivity index (χ2v) is 7.01. The van der Waals surface area contributed by atoms with Crippen molar-refractivity contribution >= 4 is 34.5 Å². The number of halogens is 1. The van der Waals surface area contributed by atoms with Gasteiger partial charge in [0.15, 0.2) is 0 Å².